The smallest absolute Gasteiger partial charge is 0.230 e. The fourth-order valence-corrected chi connectivity index (χ4v) is 3.13. The van der Waals surface area contributed by atoms with Gasteiger partial charge in [0.15, 0.2) is 5.13 Å². The van der Waals surface area contributed by atoms with Gasteiger partial charge < -0.3 is 5.11 Å². The van der Waals surface area contributed by atoms with E-state index in [2.05, 4.69) is 4.98 Å². The molecule has 0 spiro atoms. The maximum absolute atomic E-state index is 11.8. The van der Waals surface area contributed by atoms with E-state index in [1.807, 2.05) is 5.38 Å². The molecule has 4 nitrogen and oxygen atoms in total. The lowest BCUT2D eigenvalue weighted by molar-refractivity contribution is -0.117. The standard InChI is InChI=1S/C13H11ClN2O2S/c14-9-5-12(18)16(6-9)13-15-11(7-19-13)8-1-3-10(17)4-2-8/h1-4,7,9,17H,5-6H2. The van der Waals surface area contributed by atoms with Crippen molar-refractivity contribution >= 4 is 34.0 Å². The molecule has 2 aromatic rings. The highest BCUT2D eigenvalue weighted by molar-refractivity contribution is 7.14. The summed E-state index contributed by atoms with van der Waals surface area (Å²) in [6, 6.07) is 6.82. The molecular weight excluding hydrogens is 284 g/mol. The number of aromatic hydroxyl groups is 1. The number of thiazole rings is 1. The van der Waals surface area contributed by atoms with Gasteiger partial charge in [-0.15, -0.1) is 22.9 Å². The second-order valence-corrected chi connectivity index (χ2v) is 5.82. The van der Waals surface area contributed by atoms with Gasteiger partial charge in [-0.05, 0) is 24.3 Å². The van der Waals surface area contributed by atoms with Gasteiger partial charge in [0.05, 0.1) is 11.1 Å². The Labute approximate surface area is 119 Å². The number of amides is 1. The Hall–Kier alpha value is -1.59. The van der Waals surface area contributed by atoms with Gasteiger partial charge in [0.2, 0.25) is 5.91 Å². The predicted octanol–water partition coefficient (Wildman–Crippen LogP) is 2.86. The highest BCUT2D eigenvalue weighted by atomic mass is 35.5. The molecule has 1 unspecified atom stereocenters. The molecule has 6 heteroatoms. The van der Waals surface area contributed by atoms with Crippen molar-refractivity contribution < 1.29 is 9.90 Å². The normalized spacial score (nSPS) is 19.1. The first-order valence-electron chi connectivity index (χ1n) is 5.83. The van der Waals surface area contributed by atoms with Gasteiger partial charge in [0.25, 0.3) is 0 Å². The zero-order valence-electron chi connectivity index (χ0n) is 9.91. The summed E-state index contributed by atoms with van der Waals surface area (Å²) in [5.41, 5.74) is 1.71. The maximum atomic E-state index is 11.8. The maximum Gasteiger partial charge on any atom is 0.230 e. The van der Waals surface area contributed by atoms with E-state index in [0.29, 0.717) is 18.1 Å². The number of hydrogen-bond donors (Lipinski definition) is 1. The Morgan fingerprint density at radius 2 is 2.11 bits per heavy atom. The molecule has 0 radical (unpaired) electrons. The lowest BCUT2D eigenvalue weighted by Crippen LogP contribution is -2.24. The van der Waals surface area contributed by atoms with Crippen molar-refractivity contribution in [1.29, 1.82) is 0 Å². The largest absolute Gasteiger partial charge is 0.508 e. The Kier molecular flexibility index (Phi) is 3.16. The molecule has 1 aromatic heterocycles. The molecule has 1 fully saturated rings. The average molecular weight is 295 g/mol. The fraction of sp³-hybridized carbons (Fsp3) is 0.231. The highest BCUT2D eigenvalue weighted by Crippen LogP contribution is 2.31. The molecule has 1 aliphatic heterocycles. The third-order valence-corrected chi connectivity index (χ3v) is 4.12. The zero-order valence-corrected chi connectivity index (χ0v) is 11.5. The van der Waals surface area contributed by atoms with Crippen molar-refractivity contribution in [1.82, 2.24) is 4.98 Å². The summed E-state index contributed by atoms with van der Waals surface area (Å²) in [4.78, 5) is 17.8. The number of aromatic nitrogens is 1. The van der Waals surface area contributed by atoms with Crippen LogP contribution < -0.4 is 4.90 Å². The van der Waals surface area contributed by atoms with E-state index in [0.717, 1.165) is 11.3 Å². The number of rotatable bonds is 2. The number of benzene rings is 1. The van der Waals surface area contributed by atoms with Gasteiger partial charge in [0, 0.05) is 23.9 Å². The average Bonchev–Trinajstić information content (AvgIpc) is 2.97. The van der Waals surface area contributed by atoms with Crippen LogP contribution in [0, 0.1) is 0 Å². The number of phenolic OH excluding ortho intramolecular Hbond substituents is 1. The fourth-order valence-electron chi connectivity index (χ4n) is 2.00. The van der Waals surface area contributed by atoms with Crippen molar-refractivity contribution in [3.05, 3.63) is 29.6 Å². The van der Waals surface area contributed by atoms with E-state index in [1.165, 1.54) is 11.3 Å². The van der Waals surface area contributed by atoms with Crippen LogP contribution in [0.25, 0.3) is 11.3 Å². The lowest BCUT2D eigenvalue weighted by Gasteiger charge is -2.10. The summed E-state index contributed by atoms with van der Waals surface area (Å²) >= 11 is 7.40. The minimum atomic E-state index is -0.131. The molecule has 98 valence electrons. The van der Waals surface area contributed by atoms with Gasteiger partial charge in [0.1, 0.15) is 5.75 Å². The summed E-state index contributed by atoms with van der Waals surface area (Å²) in [5, 5.41) is 11.7. The second-order valence-electron chi connectivity index (χ2n) is 4.37. The summed E-state index contributed by atoms with van der Waals surface area (Å²) in [7, 11) is 0. The molecular formula is C13H11ClN2O2S. The van der Waals surface area contributed by atoms with Crippen LogP contribution in [-0.2, 0) is 4.79 Å². The SMILES string of the molecule is O=C1CC(Cl)CN1c1nc(-c2ccc(O)cc2)cs1. The van der Waals surface area contributed by atoms with Crippen LogP contribution in [0.2, 0.25) is 0 Å². The number of nitrogens with zero attached hydrogens (tertiary/aromatic N) is 2. The van der Waals surface area contributed by atoms with Crippen LogP contribution in [0.1, 0.15) is 6.42 Å². The van der Waals surface area contributed by atoms with Crippen LogP contribution in [0.5, 0.6) is 5.75 Å². The van der Waals surface area contributed by atoms with Gasteiger partial charge in [-0.2, -0.15) is 0 Å². The highest BCUT2D eigenvalue weighted by Gasteiger charge is 2.30. The third kappa shape index (κ3) is 2.43. The lowest BCUT2D eigenvalue weighted by atomic mass is 10.2. The van der Waals surface area contributed by atoms with Gasteiger partial charge in [-0.3, -0.25) is 9.69 Å². The zero-order chi connectivity index (χ0) is 13.4. The molecule has 0 saturated carbocycles. The second kappa shape index (κ2) is 4.83. The molecule has 1 aliphatic rings. The number of carbonyl (C=O) groups is 1. The Morgan fingerprint density at radius 3 is 2.74 bits per heavy atom. The molecule has 0 aliphatic carbocycles. The van der Waals surface area contributed by atoms with Crippen LogP contribution in [0.15, 0.2) is 29.6 Å². The van der Waals surface area contributed by atoms with Crippen LogP contribution in [0.4, 0.5) is 5.13 Å². The molecule has 1 amide bonds. The topological polar surface area (TPSA) is 53.4 Å². The van der Waals surface area contributed by atoms with Crippen molar-refractivity contribution in [2.24, 2.45) is 0 Å². The van der Waals surface area contributed by atoms with Crippen LogP contribution in [0.3, 0.4) is 0 Å². The van der Waals surface area contributed by atoms with E-state index in [9.17, 15) is 9.90 Å². The molecule has 2 heterocycles. The molecule has 1 saturated heterocycles. The first kappa shape index (κ1) is 12.4. The van der Waals surface area contributed by atoms with Crippen molar-refractivity contribution in [2.75, 3.05) is 11.4 Å². The van der Waals surface area contributed by atoms with Crippen molar-refractivity contribution in [3.8, 4) is 17.0 Å². The number of halogens is 1. The summed E-state index contributed by atoms with van der Waals surface area (Å²) in [5.74, 6) is 0.241. The van der Waals surface area contributed by atoms with E-state index >= 15 is 0 Å². The number of phenols is 1. The molecule has 0 bridgehead atoms. The third-order valence-electron chi connectivity index (χ3n) is 2.96. The van der Waals surface area contributed by atoms with Crippen molar-refractivity contribution in [2.45, 2.75) is 11.8 Å². The minimum Gasteiger partial charge on any atom is -0.508 e. The molecule has 19 heavy (non-hydrogen) atoms. The number of alkyl halides is 1. The summed E-state index contributed by atoms with van der Waals surface area (Å²) in [6.45, 7) is 0.517. The van der Waals surface area contributed by atoms with Crippen molar-refractivity contribution in [3.63, 3.8) is 0 Å². The first-order chi connectivity index (χ1) is 9.13. The van der Waals surface area contributed by atoms with E-state index in [1.54, 1.807) is 29.2 Å². The van der Waals surface area contributed by atoms with Crippen LogP contribution >= 0.6 is 22.9 Å². The summed E-state index contributed by atoms with van der Waals surface area (Å²) in [6.07, 6.45) is 0.371. The van der Waals surface area contributed by atoms with Gasteiger partial charge in [-0.25, -0.2) is 4.98 Å². The van der Waals surface area contributed by atoms with E-state index in [-0.39, 0.29) is 17.0 Å². The van der Waals surface area contributed by atoms with Gasteiger partial charge in [-0.1, -0.05) is 0 Å². The van der Waals surface area contributed by atoms with E-state index < -0.39 is 0 Å². The Bertz CT molecular complexity index is 611. The molecule has 3 rings (SSSR count). The monoisotopic (exact) mass is 294 g/mol. The number of carbonyl (C=O) groups excluding carboxylic acids is 1. The predicted molar refractivity (Wildman–Crippen MR) is 75.8 cm³/mol. The summed E-state index contributed by atoms with van der Waals surface area (Å²) < 4.78 is 0. The molecule has 1 aromatic carbocycles. The van der Waals surface area contributed by atoms with Gasteiger partial charge >= 0.3 is 0 Å². The Balaban J connectivity index is 1.87. The molecule has 1 N–H and O–H groups in total. The number of anilines is 1. The van der Waals surface area contributed by atoms with E-state index in [4.69, 9.17) is 11.6 Å². The Morgan fingerprint density at radius 1 is 1.37 bits per heavy atom. The quantitative estimate of drug-likeness (QED) is 0.867. The minimum absolute atomic E-state index is 0.0200. The first-order valence-corrected chi connectivity index (χ1v) is 7.14. The number of hydrogen-bond acceptors (Lipinski definition) is 4. The molecule has 1 atom stereocenters. The van der Waals surface area contributed by atoms with Crippen LogP contribution in [-0.4, -0.2) is 27.9 Å².